The Labute approximate surface area is 161 Å². The molecule has 0 unspecified atom stereocenters. The van der Waals surface area contributed by atoms with Gasteiger partial charge in [0.1, 0.15) is 5.75 Å². The van der Waals surface area contributed by atoms with E-state index in [0.717, 1.165) is 11.4 Å². The minimum atomic E-state index is -3.52. The molecular formula is C17H18BrClN2O3S. The van der Waals surface area contributed by atoms with Gasteiger partial charge in [0.05, 0.1) is 17.7 Å². The third kappa shape index (κ3) is 3.79. The SMILES string of the molecule is COc1ccc(Cl)cc1N1CCN(S(=O)(=O)c2ccccc2Br)CC1. The Morgan fingerprint density at radius 1 is 1.08 bits per heavy atom. The van der Waals surface area contributed by atoms with Gasteiger partial charge in [-0.3, -0.25) is 0 Å². The Hall–Kier alpha value is -1.28. The summed E-state index contributed by atoms with van der Waals surface area (Å²) in [6, 6.07) is 12.3. The standard InChI is InChI=1S/C17H18BrClN2O3S/c1-24-16-7-6-13(19)12-15(16)20-8-10-21(11-9-20)25(22,23)17-5-3-2-4-14(17)18/h2-7,12H,8-11H2,1H3. The lowest BCUT2D eigenvalue weighted by atomic mass is 10.2. The average molecular weight is 446 g/mol. The van der Waals surface area contributed by atoms with E-state index < -0.39 is 10.0 Å². The van der Waals surface area contributed by atoms with E-state index in [1.807, 2.05) is 12.1 Å². The number of halogens is 2. The van der Waals surface area contributed by atoms with Gasteiger partial charge in [0.25, 0.3) is 0 Å². The van der Waals surface area contributed by atoms with Crippen molar-refractivity contribution in [3.05, 3.63) is 52.0 Å². The summed E-state index contributed by atoms with van der Waals surface area (Å²) >= 11 is 9.42. The molecule has 1 fully saturated rings. The van der Waals surface area contributed by atoms with Gasteiger partial charge in [0.2, 0.25) is 10.0 Å². The Bertz CT molecular complexity index is 868. The van der Waals surface area contributed by atoms with E-state index in [-0.39, 0.29) is 0 Å². The lowest BCUT2D eigenvalue weighted by Crippen LogP contribution is -2.48. The van der Waals surface area contributed by atoms with Crippen molar-refractivity contribution in [2.75, 3.05) is 38.2 Å². The first-order valence-corrected chi connectivity index (χ1v) is 10.4. The van der Waals surface area contributed by atoms with Crippen LogP contribution in [0.2, 0.25) is 5.02 Å². The third-order valence-electron chi connectivity index (χ3n) is 4.17. The summed E-state index contributed by atoms with van der Waals surface area (Å²) in [5.41, 5.74) is 0.882. The van der Waals surface area contributed by atoms with Crippen LogP contribution in [0.1, 0.15) is 0 Å². The van der Waals surface area contributed by atoms with Crippen molar-refractivity contribution in [2.24, 2.45) is 0 Å². The highest BCUT2D eigenvalue weighted by atomic mass is 79.9. The van der Waals surface area contributed by atoms with Crippen molar-refractivity contribution in [1.82, 2.24) is 4.31 Å². The second-order valence-electron chi connectivity index (χ2n) is 5.64. The number of nitrogens with zero attached hydrogens (tertiary/aromatic N) is 2. The summed E-state index contributed by atoms with van der Waals surface area (Å²) in [6.07, 6.45) is 0. The number of hydrogen-bond donors (Lipinski definition) is 0. The van der Waals surface area contributed by atoms with Gasteiger partial charge < -0.3 is 9.64 Å². The van der Waals surface area contributed by atoms with Gasteiger partial charge in [-0.2, -0.15) is 4.31 Å². The van der Waals surface area contributed by atoms with Crippen LogP contribution in [0.4, 0.5) is 5.69 Å². The Morgan fingerprint density at radius 2 is 1.76 bits per heavy atom. The molecule has 25 heavy (non-hydrogen) atoms. The fraction of sp³-hybridized carbons (Fsp3) is 0.294. The van der Waals surface area contributed by atoms with Crippen LogP contribution in [0.5, 0.6) is 5.75 Å². The van der Waals surface area contributed by atoms with Crippen LogP contribution in [-0.4, -0.2) is 46.0 Å². The van der Waals surface area contributed by atoms with Crippen molar-refractivity contribution >= 4 is 43.2 Å². The van der Waals surface area contributed by atoms with Gasteiger partial charge in [0, 0.05) is 35.7 Å². The summed E-state index contributed by atoms with van der Waals surface area (Å²) in [6.45, 7) is 1.94. The van der Waals surface area contributed by atoms with Crippen molar-refractivity contribution in [1.29, 1.82) is 0 Å². The smallest absolute Gasteiger partial charge is 0.244 e. The minimum absolute atomic E-state index is 0.295. The summed E-state index contributed by atoms with van der Waals surface area (Å²) in [5.74, 6) is 0.728. The quantitative estimate of drug-likeness (QED) is 0.721. The molecule has 1 aliphatic rings. The van der Waals surface area contributed by atoms with E-state index in [2.05, 4.69) is 20.8 Å². The van der Waals surface area contributed by atoms with Gasteiger partial charge in [-0.25, -0.2) is 8.42 Å². The largest absolute Gasteiger partial charge is 0.495 e. The van der Waals surface area contributed by atoms with Crippen LogP contribution < -0.4 is 9.64 Å². The third-order valence-corrected chi connectivity index (χ3v) is 7.32. The summed E-state index contributed by atoms with van der Waals surface area (Å²) < 4.78 is 33.2. The fourth-order valence-corrected chi connectivity index (χ4v) is 5.42. The topological polar surface area (TPSA) is 49.9 Å². The Balaban J connectivity index is 1.78. The number of anilines is 1. The predicted molar refractivity (Wildman–Crippen MR) is 103 cm³/mol. The molecule has 0 atom stereocenters. The zero-order chi connectivity index (χ0) is 18.0. The molecular weight excluding hydrogens is 428 g/mol. The van der Waals surface area contributed by atoms with Crippen molar-refractivity contribution in [3.8, 4) is 5.75 Å². The summed E-state index contributed by atoms with van der Waals surface area (Å²) in [7, 11) is -1.91. The van der Waals surface area contributed by atoms with Gasteiger partial charge in [-0.1, -0.05) is 23.7 Å². The zero-order valence-electron chi connectivity index (χ0n) is 13.7. The average Bonchev–Trinajstić information content (AvgIpc) is 2.62. The van der Waals surface area contributed by atoms with Gasteiger partial charge in [-0.15, -0.1) is 0 Å². The molecule has 0 saturated carbocycles. The van der Waals surface area contributed by atoms with Crippen LogP contribution in [0.25, 0.3) is 0 Å². The monoisotopic (exact) mass is 444 g/mol. The minimum Gasteiger partial charge on any atom is -0.495 e. The maximum absolute atomic E-state index is 12.9. The van der Waals surface area contributed by atoms with Crippen LogP contribution in [0.15, 0.2) is 51.8 Å². The van der Waals surface area contributed by atoms with Crippen LogP contribution in [-0.2, 0) is 10.0 Å². The van der Waals surface area contributed by atoms with E-state index in [1.54, 1.807) is 37.4 Å². The summed E-state index contributed by atoms with van der Waals surface area (Å²) in [4.78, 5) is 2.39. The van der Waals surface area contributed by atoms with Gasteiger partial charge in [0.15, 0.2) is 0 Å². The molecule has 2 aromatic carbocycles. The molecule has 134 valence electrons. The molecule has 1 heterocycles. The van der Waals surface area contributed by atoms with Gasteiger partial charge >= 0.3 is 0 Å². The highest BCUT2D eigenvalue weighted by molar-refractivity contribution is 9.10. The zero-order valence-corrected chi connectivity index (χ0v) is 16.8. The van der Waals surface area contributed by atoms with Crippen molar-refractivity contribution in [3.63, 3.8) is 0 Å². The lowest BCUT2D eigenvalue weighted by molar-refractivity contribution is 0.378. The molecule has 0 aromatic heterocycles. The number of piperazine rings is 1. The number of sulfonamides is 1. The van der Waals surface area contributed by atoms with Crippen molar-refractivity contribution in [2.45, 2.75) is 4.90 Å². The van der Waals surface area contributed by atoms with Crippen LogP contribution in [0, 0.1) is 0 Å². The first-order chi connectivity index (χ1) is 11.9. The molecule has 0 radical (unpaired) electrons. The first-order valence-electron chi connectivity index (χ1n) is 7.76. The van der Waals surface area contributed by atoms with E-state index in [9.17, 15) is 8.42 Å². The maximum Gasteiger partial charge on any atom is 0.244 e. The number of benzene rings is 2. The number of hydrogen-bond acceptors (Lipinski definition) is 4. The molecule has 0 amide bonds. The molecule has 0 bridgehead atoms. The number of ether oxygens (including phenoxy) is 1. The molecule has 0 N–H and O–H groups in total. The second-order valence-corrected chi connectivity index (χ2v) is 8.83. The molecule has 0 aliphatic carbocycles. The highest BCUT2D eigenvalue weighted by Crippen LogP contribution is 2.33. The molecule has 2 aromatic rings. The van der Waals surface area contributed by atoms with E-state index in [4.69, 9.17) is 16.3 Å². The number of methoxy groups -OCH3 is 1. The molecule has 1 aliphatic heterocycles. The fourth-order valence-electron chi connectivity index (χ4n) is 2.87. The normalized spacial score (nSPS) is 16.0. The lowest BCUT2D eigenvalue weighted by Gasteiger charge is -2.36. The number of rotatable bonds is 4. The molecule has 3 rings (SSSR count). The summed E-state index contributed by atoms with van der Waals surface area (Å²) in [5, 5.41) is 0.624. The second kappa shape index (κ2) is 7.53. The van der Waals surface area contributed by atoms with E-state index >= 15 is 0 Å². The Kier molecular flexibility index (Phi) is 5.58. The molecule has 5 nitrogen and oxygen atoms in total. The van der Waals surface area contributed by atoms with E-state index in [1.165, 1.54) is 4.31 Å². The maximum atomic E-state index is 12.9. The van der Waals surface area contributed by atoms with Crippen LogP contribution >= 0.6 is 27.5 Å². The van der Waals surface area contributed by atoms with E-state index in [0.29, 0.717) is 40.6 Å². The highest BCUT2D eigenvalue weighted by Gasteiger charge is 2.30. The van der Waals surface area contributed by atoms with Gasteiger partial charge in [-0.05, 0) is 46.3 Å². The van der Waals surface area contributed by atoms with Crippen LogP contribution in [0.3, 0.4) is 0 Å². The van der Waals surface area contributed by atoms with Crippen molar-refractivity contribution < 1.29 is 13.2 Å². The molecule has 0 spiro atoms. The molecule has 8 heteroatoms. The molecule has 1 saturated heterocycles. The predicted octanol–water partition coefficient (Wildman–Crippen LogP) is 3.62. The Morgan fingerprint density at radius 3 is 2.40 bits per heavy atom. The first kappa shape index (κ1) is 18.5.